The van der Waals surface area contributed by atoms with Gasteiger partial charge in [-0.25, -0.2) is 8.42 Å². The van der Waals surface area contributed by atoms with Gasteiger partial charge in [-0.1, -0.05) is 48.0 Å². The van der Waals surface area contributed by atoms with Crippen molar-refractivity contribution < 1.29 is 17.9 Å². The first kappa shape index (κ1) is 21.2. The normalized spacial score (nSPS) is 11.2. The number of rotatable bonds is 9. The first-order valence-electron chi connectivity index (χ1n) is 8.39. The maximum atomic E-state index is 12.2. The quantitative estimate of drug-likeness (QED) is 0.645. The Bertz CT molecular complexity index is 873. The van der Waals surface area contributed by atoms with E-state index in [1.54, 1.807) is 19.1 Å². The Morgan fingerprint density at radius 1 is 1.19 bits per heavy atom. The summed E-state index contributed by atoms with van der Waals surface area (Å²) in [5.41, 5.74) is 2.15. The monoisotopic (exact) mass is 410 g/mol. The van der Waals surface area contributed by atoms with E-state index >= 15 is 0 Å². The minimum Gasteiger partial charge on any atom is -0.375 e. The van der Waals surface area contributed by atoms with Gasteiger partial charge < -0.3 is 10.1 Å². The van der Waals surface area contributed by atoms with Crippen molar-refractivity contribution in [1.29, 1.82) is 0 Å². The predicted molar refractivity (Wildman–Crippen MR) is 107 cm³/mol. The van der Waals surface area contributed by atoms with E-state index in [-0.39, 0.29) is 13.1 Å². The van der Waals surface area contributed by atoms with Crippen molar-refractivity contribution >= 4 is 33.2 Å². The van der Waals surface area contributed by atoms with Crippen LogP contribution >= 0.6 is 11.6 Å². The molecule has 0 spiro atoms. The number of anilines is 1. The van der Waals surface area contributed by atoms with Crippen molar-refractivity contribution in [3.8, 4) is 0 Å². The molecule has 0 heterocycles. The van der Waals surface area contributed by atoms with Gasteiger partial charge in [0.2, 0.25) is 15.9 Å². The summed E-state index contributed by atoms with van der Waals surface area (Å²) < 4.78 is 30.8. The average molecular weight is 411 g/mol. The van der Waals surface area contributed by atoms with Crippen LogP contribution in [0, 0.1) is 6.92 Å². The van der Waals surface area contributed by atoms with Crippen LogP contribution in [0.4, 0.5) is 5.69 Å². The number of carbonyl (C=O) groups is 1. The van der Waals surface area contributed by atoms with Crippen molar-refractivity contribution in [2.75, 3.05) is 30.3 Å². The smallest absolute Gasteiger partial charge is 0.240 e. The summed E-state index contributed by atoms with van der Waals surface area (Å²) in [6.07, 6.45) is 1.06. The number of halogens is 1. The molecule has 0 aliphatic heterocycles. The molecule has 2 rings (SSSR count). The summed E-state index contributed by atoms with van der Waals surface area (Å²) in [6, 6.07) is 14.6. The van der Waals surface area contributed by atoms with E-state index in [1.165, 1.54) is 6.07 Å². The molecule has 27 heavy (non-hydrogen) atoms. The lowest BCUT2D eigenvalue weighted by atomic mass is 10.2. The second-order valence-corrected chi connectivity index (χ2v) is 8.43. The van der Waals surface area contributed by atoms with Gasteiger partial charge in [-0.05, 0) is 30.2 Å². The van der Waals surface area contributed by atoms with E-state index in [0.717, 1.165) is 16.1 Å². The predicted octanol–water partition coefficient (Wildman–Crippen LogP) is 2.75. The van der Waals surface area contributed by atoms with E-state index in [1.807, 2.05) is 30.3 Å². The van der Waals surface area contributed by atoms with Crippen LogP contribution in [0.2, 0.25) is 5.02 Å². The van der Waals surface area contributed by atoms with Crippen LogP contribution in [0.15, 0.2) is 48.5 Å². The Morgan fingerprint density at radius 2 is 1.89 bits per heavy atom. The van der Waals surface area contributed by atoms with Crippen molar-refractivity contribution in [2.24, 2.45) is 0 Å². The van der Waals surface area contributed by atoms with Crippen molar-refractivity contribution in [3.05, 3.63) is 64.7 Å². The highest BCUT2D eigenvalue weighted by molar-refractivity contribution is 7.92. The maximum Gasteiger partial charge on any atom is 0.240 e. The van der Waals surface area contributed by atoms with Gasteiger partial charge in [0.05, 0.1) is 25.2 Å². The fraction of sp³-hybridized carbons (Fsp3) is 0.316. The lowest BCUT2D eigenvalue weighted by Crippen LogP contribution is -2.41. The second kappa shape index (κ2) is 9.73. The molecule has 0 bridgehead atoms. The molecule has 0 saturated heterocycles. The Labute approximate surface area is 165 Å². The number of sulfonamides is 1. The molecule has 0 fully saturated rings. The van der Waals surface area contributed by atoms with Gasteiger partial charge in [0.15, 0.2) is 0 Å². The molecule has 6 nitrogen and oxygen atoms in total. The van der Waals surface area contributed by atoms with E-state index < -0.39 is 15.9 Å². The maximum absolute atomic E-state index is 12.2. The van der Waals surface area contributed by atoms with Gasteiger partial charge in [-0.15, -0.1) is 0 Å². The summed E-state index contributed by atoms with van der Waals surface area (Å²) >= 11 is 5.98. The molecule has 0 atom stereocenters. The number of nitrogens with one attached hydrogen (secondary N) is 1. The van der Waals surface area contributed by atoms with E-state index in [9.17, 15) is 13.2 Å². The van der Waals surface area contributed by atoms with E-state index in [4.69, 9.17) is 16.3 Å². The highest BCUT2D eigenvalue weighted by atomic mass is 35.5. The zero-order valence-corrected chi connectivity index (χ0v) is 16.9. The average Bonchev–Trinajstić information content (AvgIpc) is 2.61. The minimum absolute atomic E-state index is 0.289. The number of aryl methyl sites for hydroxylation is 1. The van der Waals surface area contributed by atoms with E-state index in [0.29, 0.717) is 29.5 Å². The van der Waals surface area contributed by atoms with Crippen LogP contribution in [0.25, 0.3) is 0 Å². The Kier molecular flexibility index (Phi) is 7.65. The molecule has 146 valence electrons. The van der Waals surface area contributed by atoms with Crippen LogP contribution in [0.5, 0.6) is 0 Å². The lowest BCUT2D eigenvalue weighted by Gasteiger charge is -2.23. The van der Waals surface area contributed by atoms with Gasteiger partial charge in [-0.2, -0.15) is 0 Å². The molecule has 0 unspecified atom stereocenters. The topological polar surface area (TPSA) is 75.7 Å². The van der Waals surface area contributed by atoms with Gasteiger partial charge in [0.25, 0.3) is 0 Å². The molecular weight excluding hydrogens is 388 g/mol. The summed E-state index contributed by atoms with van der Waals surface area (Å²) in [5, 5.41) is 3.07. The van der Waals surface area contributed by atoms with Crippen molar-refractivity contribution in [3.63, 3.8) is 0 Å². The van der Waals surface area contributed by atoms with E-state index in [2.05, 4.69) is 5.32 Å². The minimum atomic E-state index is -3.64. The third-order valence-electron chi connectivity index (χ3n) is 3.81. The first-order chi connectivity index (χ1) is 12.8. The van der Waals surface area contributed by atoms with Crippen LogP contribution in [-0.4, -0.2) is 40.3 Å². The van der Waals surface area contributed by atoms with Gasteiger partial charge in [-0.3, -0.25) is 9.10 Å². The van der Waals surface area contributed by atoms with Gasteiger partial charge >= 0.3 is 0 Å². The molecule has 0 aromatic heterocycles. The largest absolute Gasteiger partial charge is 0.375 e. The number of hydrogen-bond donors (Lipinski definition) is 1. The summed E-state index contributed by atoms with van der Waals surface area (Å²) in [5.74, 6) is -0.414. The summed E-state index contributed by atoms with van der Waals surface area (Å²) in [7, 11) is -3.64. The van der Waals surface area contributed by atoms with Crippen LogP contribution in [0.1, 0.15) is 11.1 Å². The Balaban J connectivity index is 1.88. The molecule has 0 aliphatic rings. The molecular formula is C19H23ClN2O4S. The summed E-state index contributed by atoms with van der Waals surface area (Å²) in [6.45, 7) is 2.51. The van der Waals surface area contributed by atoms with Crippen molar-refractivity contribution in [1.82, 2.24) is 5.32 Å². The number of hydrogen-bond acceptors (Lipinski definition) is 4. The number of carbonyl (C=O) groups excluding carboxylic acids is 1. The number of nitrogens with zero attached hydrogens (tertiary/aromatic N) is 1. The Morgan fingerprint density at radius 3 is 2.56 bits per heavy atom. The van der Waals surface area contributed by atoms with Crippen LogP contribution < -0.4 is 9.62 Å². The second-order valence-electron chi connectivity index (χ2n) is 6.09. The standard InChI is InChI=1S/C19H23ClN2O4S/c1-15-8-9-17(20)12-18(15)22(27(2,24)25)13-19(23)21-10-11-26-14-16-6-4-3-5-7-16/h3-9,12H,10-11,13-14H2,1-2H3,(H,21,23). The molecule has 2 aromatic rings. The number of amides is 1. The SMILES string of the molecule is Cc1ccc(Cl)cc1N(CC(=O)NCCOCc1ccccc1)S(C)(=O)=O. The molecule has 8 heteroatoms. The third-order valence-corrected chi connectivity index (χ3v) is 5.17. The highest BCUT2D eigenvalue weighted by Crippen LogP contribution is 2.26. The Hall–Kier alpha value is -2.09. The summed E-state index contributed by atoms with van der Waals surface area (Å²) in [4.78, 5) is 12.2. The third kappa shape index (κ3) is 6.86. The van der Waals surface area contributed by atoms with Gasteiger partial charge in [0.1, 0.15) is 6.54 Å². The molecule has 0 saturated carbocycles. The molecule has 1 N–H and O–H groups in total. The number of ether oxygens (including phenoxy) is 1. The molecule has 0 aliphatic carbocycles. The number of benzene rings is 2. The van der Waals surface area contributed by atoms with Gasteiger partial charge in [0, 0.05) is 11.6 Å². The lowest BCUT2D eigenvalue weighted by molar-refractivity contribution is -0.119. The van der Waals surface area contributed by atoms with Crippen LogP contribution in [-0.2, 0) is 26.2 Å². The molecule has 0 radical (unpaired) electrons. The zero-order valence-electron chi connectivity index (χ0n) is 15.3. The fourth-order valence-electron chi connectivity index (χ4n) is 2.45. The highest BCUT2D eigenvalue weighted by Gasteiger charge is 2.22. The van der Waals surface area contributed by atoms with Crippen molar-refractivity contribution in [2.45, 2.75) is 13.5 Å². The molecule has 1 amide bonds. The van der Waals surface area contributed by atoms with Crippen LogP contribution in [0.3, 0.4) is 0 Å². The fourth-order valence-corrected chi connectivity index (χ4v) is 3.52. The molecule has 2 aromatic carbocycles. The first-order valence-corrected chi connectivity index (χ1v) is 10.6. The zero-order chi connectivity index (χ0) is 19.9.